The van der Waals surface area contributed by atoms with Crippen LogP contribution in [0.2, 0.25) is 0 Å². The van der Waals surface area contributed by atoms with Gasteiger partial charge in [0.25, 0.3) is 0 Å². The van der Waals surface area contributed by atoms with Crippen molar-refractivity contribution < 1.29 is 23.8 Å². The highest BCUT2D eigenvalue weighted by molar-refractivity contribution is 5.94. The van der Waals surface area contributed by atoms with Crippen LogP contribution in [0.1, 0.15) is 5.56 Å². The van der Waals surface area contributed by atoms with Crippen molar-refractivity contribution in [3.8, 4) is 11.5 Å². The molecular formula is C18H18N2O5. The maximum atomic E-state index is 12.2. The molecule has 0 saturated carbocycles. The van der Waals surface area contributed by atoms with Gasteiger partial charge in [0.2, 0.25) is 18.6 Å². The minimum atomic E-state index is -0.234. The van der Waals surface area contributed by atoms with E-state index in [-0.39, 0.29) is 31.6 Å². The summed E-state index contributed by atoms with van der Waals surface area (Å²) >= 11 is 0. The topological polar surface area (TPSA) is 85.9 Å². The molecule has 2 amide bonds. The van der Waals surface area contributed by atoms with Crippen LogP contribution >= 0.6 is 0 Å². The van der Waals surface area contributed by atoms with Crippen LogP contribution < -0.4 is 20.1 Å². The van der Waals surface area contributed by atoms with Crippen molar-refractivity contribution in [2.24, 2.45) is 0 Å². The van der Waals surface area contributed by atoms with Gasteiger partial charge in [-0.3, -0.25) is 9.59 Å². The molecule has 0 atom stereocenters. The van der Waals surface area contributed by atoms with Gasteiger partial charge in [-0.2, -0.15) is 0 Å². The highest BCUT2D eigenvalue weighted by Crippen LogP contribution is 2.32. The molecule has 0 aromatic heterocycles. The van der Waals surface area contributed by atoms with Crippen molar-refractivity contribution in [2.75, 3.05) is 31.1 Å². The first kappa shape index (κ1) is 16.8. The summed E-state index contributed by atoms with van der Waals surface area (Å²) in [5.74, 6) is 0.967. The van der Waals surface area contributed by atoms with Crippen LogP contribution in [0, 0.1) is 0 Å². The van der Waals surface area contributed by atoms with Gasteiger partial charge in [0.15, 0.2) is 11.5 Å². The predicted octanol–water partition coefficient (Wildman–Crippen LogP) is 2.18. The number of benzene rings is 2. The molecule has 3 rings (SSSR count). The number of carbonyl (C=O) groups excluding carboxylic acids is 2. The molecule has 1 heterocycles. The van der Waals surface area contributed by atoms with E-state index in [4.69, 9.17) is 14.2 Å². The van der Waals surface area contributed by atoms with Crippen LogP contribution in [0.15, 0.2) is 42.5 Å². The first-order chi connectivity index (χ1) is 12.1. The Morgan fingerprint density at radius 3 is 2.28 bits per heavy atom. The van der Waals surface area contributed by atoms with E-state index in [2.05, 4.69) is 10.6 Å². The summed E-state index contributed by atoms with van der Waals surface area (Å²) in [5, 5.41) is 5.50. The molecule has 2 N–H and O–H groups in total. The molecule has 0 bridgehead atoms. The average Bonchev–Trinajstić information content (AvgIpc) is 3.04. The second-order valence-electron chi connectivity index (χ2n) is 5.47. The van der Waals surface area contributed by atoms with E-state index in [0.717, 1.165) is 5.56 Å². The lowest BCUT2D eigenvalue weighted by Crippen LogP contribution is -2.17. The molecule has 1 aliphatic heterocycles. The Balaban J connectivity index is 1.55. The number of anilines is 2. The summed E-state index contributed by atoms with van der Waals surface area (Å²) in [7, 11) is 1.46. The van der Waals surface area contributed by atoms with Gasteiger partial charge in [-0.15, -0.1) is 0 Å². The van der Waals surface area contributed by atoms with Crippen LogP contribution in [0.3, 0.4) is 0 Å². The zero-order valence-electron chi connectivity index (χ0n) is 13.7. The van der Waals surface area contributed by atoms with Crippen molar-refractivity contribution >= 4 is 23.2 Å². The Morgan fingerprint density at radius 1 is 0.960 bits per heavy atom. The van der Waals surface area contributed by atoms with Crippen LogP contribution in [0.4, 0.5) is 11.4 Å². The zero-order chi connectivity index (χ0) is 17.6. The number of rotatable bonds is 6. The SMILES string of the molecule is COCC(=O)Nc1ccc(NC(=O)Cc2ccc3c(c2)OCO3)cc1. The quantitative estimate of drug-likeness (QED) is 0.840. The fourth-order valence-corrected chi connectivity index (χ4v) is 2.41. The molecular weight excluding hydrogens is 324 g/mol. The Hall–Kier alpha value is -3.06. The van der Waals surface area contributed by atoms with Gasteiger partial charge >= 0.3 is 0 Å². The molecule has 7 nitrogen and oxygen atoms in total. The molecule has 1 aliphatic rings. The Morgan fingerprint density at radius 2 is 1.60 bits per heavy atom. The van der Waals surface area contributed by atoms with Gasteiger partial charge in [0, 0.05) is 18.5 Å². The molecule has 7 heteroatoms. The lowest BCUT2D eigenvalue weighted by Gasteiger charge is -2.08. The number of hydrogen-bond acceptors (Lipinski definition) is 5. The third-order valence-corrected chi connectivity index (χ3v) is 3.53. The zero-order valence-corrected chi connectivity index (χ0v) is 13.7. The second-order valence-corrected chi connectivity index (χ2v) is 5.47. The van der Waals surface area contributed by atoms with Gasteiger partial charge in [-0.05, 0) is 42.0 Å². The number of ether oxygens (including phenoxy) is 3. The number of fused-ring (bicyclic) bond motifs is 1. The predicted molar refractivity (Wildman–Crippen MR) is 91.8 cm³/mol. The van der Waals surface area contributed by atoms with Crippen LogP contribution in [0.25, 0.3) is 0 Å². The maximum absolute atomic E-state index is 12.2. The number of methoxy groups -OCH3 is 1. The molecule has 0 saturated heterocycles. The lowest BCUT2D eigenvalue weighted by atomic mass is 10.1. The molecule has 130 valence electrons. The summed E-state index contributed by atoms with van der Waals surface area (Å²) < 4.78 is 15.3. The number of hydrogen-bond donors (Lipinski definition) is 2. The molecule has 0 aliphatic carbocycles. The van der Waals surface area contributed by atoms with Gasteiger partial charge in [-0.1, -0.05) is 6.07 Å². The van der Waals surface area contributed by atoms with E-state index in [1.165, 1.54) is 7.11 Å². The van der Waals surface area contributed by atoms with E-state index >= 15 is 0 Å². The van der Waals surface area contributed by atoms with Crippen LogP contribution in [-0.2, 0) is 20.7 Å². The normalized spacial score (nSPS) is 11.9. The largest absolute Gasteiger partial charge is 0.454 e. The fraction of sp³-hybridized carbons (Fsp3) is 0.222. The molecule has 0 radical (unpaired) electrons. The van der Waals surface area contributed by atoms with Crippen molar-refractivity contribution in [3.63, 3.8) is 0 Å². The molecule has 0 unspecified atom stereocenters. The number of amides is 2. The first-order valence-corrected chi connectivity index (χ1v) is 7.71. The summed E-state index contributed by atoms with van der Waals surface area (Å²) in [6, 6.07) is 12.3. The Kier molecular flexibility index (Phi) is 5.15. The van der Waals surface area contributed by atoms with Gasteiger partial charge in [-0.25, -0.2) is 0 Å². The van der Waals surface area contributed by atoms with E-state index in [9.17, 15) is 9.59 Å². The van der Waals surface area contributed by atoms with Crippen molar-refractivity contribution in [2.45, 2.75) is 6.42 Å². The van der Waals surface area contributed by atoms with E-state index in [0.29, 0.717) is 22.9 Å². The fourth-order valence-electron chi connectivity index (χ4n) is 2.41. The smallest absolute Gasteiger partial charge is 0.250 e. The molecule has 2 aromatic carbocycles. The highest BCUT2D eigenvalue weighted by Gasteiger charge is 2.14. The van der Waals surface area contributed by atoms with Crippen LogP contribution in [0.5, 0.6) is 11.5 Å². The number of carbonyl (C=O) groups is 2. The van der Waals surface area contributed by atoms with Crippen molar-refractivity contribution in [3.05, 3.63) is 48.0 Å². The standard InChI is InChI=1S/C18H18N2O5/c1-23-10-18(22)20-14-5-3-13(4-6-14)19-17(21)9-12-2-7-15-16(8-12)25-11-24-15/h2-8H,9-11H2,1H3,(H,19,21)(H,20,22). The third kappa shape index (κ3) is 4.48. The van der Waals surface area contributed by atoms with Crippen LogP contribution in [-0.4, -0.2) is 32.3 Å². The van der Waals surface area contributed by atoms with E-state index < -0.39 is 0 Å². The minimum Gasteiger partial charge on any atom is -0.454 e. The summed E-state index contributed by atoms with van der Waals surface area (Å²) in [6.45, 7) is 0.201. The van der Waals surface area contributed by atoms with Gasteiger partial charge in [0.1, 0.15) is 6.61 Å². The molecule has 0 spiro atoms. The first-order valence-electron chi connectivity index (χ1n) is 7.71. The Bertz CT molecular complexity index is 774. The summed E-state index contributed by atoms with van der Waals surface area (Å²) in [6.07, 6.45) is 0.225. The summed E-state index contributed by atoms with van der Waals surface area (Å²) in [5.41, 5.74) is 2.12. The molecule has 2 aromatic rings. The van der Waals surface area contributed by atoms with Crippen molar-refractivity contribution in [1.29, 1.82) is 0 Å². The maximum Gasteiger partial charge on any atom is 0.250 e. The molecule has 0 fully saturated rings. The minimum absolute atomic E-state index is 0.00593. The lowest BCUT2D eigenvalue weighted by molar-refractivity contribution is -0.119. The number of nitrogens with one attached hydrogen (secondary N) is 2. The second kappa shape index (κ2) is 7.67. The highest BCUT2D eigenvalue weighted by atomic mass is 16.7. The molecule has 25 heavy (non-hydrogen) atoms. The van der Waals surface area contributed by atoms with Crippen molar-refractivity contribution in [1.82, 2.24) is 0 Å². The van der Waals surface area contributed by atoms with E-state index in [1.54, 1.807) is 36.4 Å². The summed E-state index contributed by atoms with van der Waals surface area (Å²) in [4.78, 5) is 23.6. The monoisotopic (exact) mass is 342 g/mol. The third-order valence-electron chi connectivity index (χ3n) is 3.53. The average molecular weight is 342 g/mol. The van der Waals surface area contributed by atoms with Gasteiger partial charge in [0.05, 0.1) is 6.42 Å². The van der Waals surface area contributed by atoms with Gasteiger partial charge < -0.3 is 24.8 Å². The van der Waals surface area contributed by atoms with E-state index in [1.807, 2.05) is 6.07 Å². The Labute approximate surface area is 144 Å².